The van der Waals surface area contributed by atoms with Crippen molar-refractivity contribution in [2.45, 2.75) is 32.4 Å². The van der Waals surface area contributed by atoms with E-state index >= 15 is 0 Å². The number of morpholine rings is 1. The minimum Gasteiger partial charge on any atom is -0.483 e. The lowest BCUT2D eigenvalue weighted by atomic mass is 10.2. The van der Waals surface area contributed by atoms with E-state index < -0.39 is 5.91 Å². The SMILES string of the molecule is CCNC(=O)c1noc(CCC(=O)NC[C@H]2CN(Cc3ccc(Cl)c(Cl)c3)CCO2)n1.O=CO. The van der Waals surface area contributed by atoms with E-state index in [1.165, 1.54) is 0 Å². The number of rotatable bonds is 9. The highest BCUT2D eigenvalue weighted by Gasteiger charge is 2.21. The van der Waals surface area contributed by atoms with E-state index in [4.69, 9.17) is 42.4 Å². The molecule has 1 aromatic heterocycles. The number of carbonyl (C=O) groups excluding carboxylic acids is 2. The van der Waals surface area contributed by atoms with Crippen molar-refractivity contribution < 1.29 is 28.8 Å². The van der Waals surface area contributed by atoms with Crippen LogP contribution >= 0.6 is 23.2 Å². The Morgan fingerprint density at radius 1 is 1.29 bits per heavy atom. The average Bonchev–Trinajstić information content (AvgIpc) is 3.29. The van der Waals surface area contributed by atoms with Crippen LogP contribution in [0.4, 0.5) is 0 Å². The third-order valence-corrected chi connectivity index (χ3v) is 5.45. The molecule has 1 aliphatic heterocycles. The number of halogens is 2. The van der Waals surface area contributed by atoms with Gasteiger partial charge in [-0.1, -0.05) is 34.4 Å². The van der Waals surface area contributed by atoms with Gasteiger partial charge in [-0.3, -0.25) is 19.3 Å². The van der Waals surface area contributed by atoms with Crippen LogP contribution < -0.4 is 10.6 Å². The monoisotopic (exact) mass is 515 g/mol. The molecular formula is C21H27Cl2N5O6. The molecule has 3 rings (SSSR count). The number of ether oxygens (including phenoxy) is 1. The Bertz CT molecular complexity index is 957. The van der Waals surface area contributed by atoms with Gasteiger partial charge in [0.1, 0.15) is 0 Å². The first kappa shape index (κ1) is 27.5. The van der Waals surface area contributed by atoms with Gasteiger partial charge in [-0.2, -0.15) is 4.98 Å². The number of amides is 2. The molecule has 0 saturated carbocycles. The predicted octanol–water partition coefficient (Wildman–Crippen LogP) is 1.78. The van der Waals surface area contributed by atoms with Gasteiger partial charge in [0.25, 0.3) is 18.2 Å². The number of carboxylic acid groups (broad SMARTS) is 1. The molecule has 2 heterocycles. The number of aryl methyl sites for hydroxylation is 1. The summed E-state index contributed by atoms with van der Waals surface area (Å²) in [4.78, 5) is 38.4. The Labute approximate surface area is 206 Å². The Morgan fingerprint density at radius 3 is 2.76 bits per heavy atom. The minimum absolute atomic E-state index is 0.0325. The zero-order valence-electron chi connectivity index (χ0n) is 18.6. The van der Waals surface area contributed by atoms with Crippen LogP contribution in [0, 0.1) is 0 Å². The first-order valence-corrected chi connectivity index (χ1v) is 11.3. The molecule has 0 spiro atoms. The molecule has 0 bridgehead atoms. The lowest BCUT2D eigenvalue weighted by Gasteiger charge is -2.33. The first-order chi connectivity index (χ1) is 16.4. The molecule has 0 aliphatic carbocycles. The zero-order chi connectivity index (χ0) is 24.9. The highest BCUT2D eigenvalue weighted by Crippen LogP contribution is 2.23. The maximum atomic E-state index is 12.2. The number of carbonyl (C=O) groups is 3. The highest BCUT2D eigenvalue weighted by molar-refractivity contribution is 6.42. The van der Waals surface area contributed by atoms with Gasteiger partial charge in [0.2, 0.25) is 11.8 Å². The average molecular weight is 516 g/mol. The molecule has 1 aromatic carbocycles. The smallest absolute Gasteiger partial charge is 0.292 e. The molecule has 34 heavy (non-hydrogen) atoms. The molecule has 11 nitrogen and oxygen atoms in total. The van der Waals surface area contributed by atoms with Crippen molar-refractivity contribution in [2.75, 3.05) is 32.8 Å². The molecule has 2 amide bonds. The van der Waals surface area contributed by atoms with Crippen LogP contribution in [0.15, 0.2) is 22.7 Å². The van der Waals surface area contributed by atoms with Crippen LogP contribution in [-0.2, 0) is 27.3 Å². The van der Waals surface area contributed by atoms with Crippen LogP contribution in [0.3, 0.4) is 0 Å². The van der Waals surface area contributed by atoms with Gasteiger partial charge in [-0.25, -0.2) is 0 Å². The van der Waals surface area contributed by atoms with E-state index in [1.807, 2.05) is 12.1 Å². The van der Waals surface area contributed by atoms with E-state index in [1.54, 1.807) is 13.0 Å². The predicted molar refractivity (Wildman–Crippen MR) is 124 cm³/mol. The van der Waals surface area contributed by atoms with Gasteiger partial charge in [-0.15, -0.1) is 0 Å². The summed E-state index contributed by atoms with van der Waals surface area (Å²) in [6.07, 6.45) is 0.331. The fraction of sp³-hybridized carbons (Fsp3) is 0.476. The lowest BCUT2D eigenvalue weighted by molar-refractivity contribution is -0.123. The van der Waals surface area contributed by atoms with E-state index in [0.29, 0.717) is 36.3 Å². The summed E-state index contributed by atoms with van der Waals surface area (Å²) in [5.74, 6) is -0.335. The standard InChI is InChI=1S/C20H25Cl2N5O4.CH2O2/c1-2-23-20(29)19-25-18(31-26-19)6-5-17(28)24-10-14-12-27(7-8-30-14)11-13-3-4-15(21)16(22)9-13;2-1-3/h3-4,9,14H,2,5-8,10-12H2,1H3,(H,23,29)(H,24,28);1H,(H,2,3)/t14-;/m0./s1. The summed E-state index contributed by atoms with van der Waals surface area (Å²) in [5, 5.41) is 17.0. The molecule has 1 fully saturated rings. The largest absolute Gasteiger partial charge is 0.483 e. The second kappa shape index (κ2) is 14.5. The molecule has 1 atom stereocenters. The van der Waals surface area contributed by atoms with E-state index in [-0.39, 0.29) is 43.0 Å². The van der Waals surface area contributed by atoms with Gasteiger partial charge in [-0.05, 0) is 24.6 Å². The van der Waals surface area contributed by atoms with Crippen LogP contribution in [0.5, 0.6) is 0 Å². The fourth-order valence-electron chi connectivity index (χ4n) is 3.17. The third kappa shape index (κ3) is 9.26. The van der Waals surface area contributed by atoms with Gasteiger partial charge in [0.05, 0.1) is 22.8 Å². The summed E-state index contributed by atoms with van der Waals surface area (Å²) in [6, 6.07) is 5.61. The summed E-state index contributed by atoms with van der Waals surface area (Å²) in [7, 11) is 0. The fourth-order valence-corrected chi connectivity index (χ4v) is 3.49. The second-order valence-electron chi connectivity index (χ2n) is 7.26. The minimum atomic E-state index is -0.401. The Kier molecular flexibility index (Phi) is 11.7. The van der Waals surface area contributed by atoms with Crippen molar-refractivity contribution in [3.05, 3.63) is 45.5 Å². The van der Waals surface area contributed by atoms with Crippen molar-refractivity contribution >= 4 is 41.5 Å². The molecular weight excluding hydrogens is 489 g/mol. The number of nitrogens with zero attached hydrogens (tertiary/aromatic N) is 3. The van der Waals surface area contributed by atoms with Crippen molar-refractivity contribution in [3.63, 3.8) is 0 Å². The zero-order valence-corrected chi connectivity index (χ0v) is 20.1. The maximum absolute atomic E-state index is 12.2. The molecule has 1 saturated heterocycles. The number of benzene rings is 1. The number of aromatic nitrogens is 2. The van der Waals surface area contributed by atoms with Crippen LogP contribution in [0.2, 0.25) is 10.0 Å². The van der Waals surface area contributed by atoms with Crippen molar-refractivity contribution in [1.82, 2.24) is 25.7 Å². The molecule has 3 N–H and O–H groups in total. The second-order valence-corrected chi connectivity index (χ2v) is 8.07. The summed E-state index contributed by atoms with van der Waals surface area (Å²) in [6.45, 7) is 5.24. The quantitative estimate of drug-likeness (QED) is 0.425. The maximum Gasteiger partial charge on any atom is 0.292 e. The van der Waals surface area contributed by atoms with E-state index in [0.717, 1.165) is 18.7 Å². The summed E-state index contributed by atoms with van der Waals surface area (Å²) < 4.78 is 10.8. The lowest BCUT2D eigenvalue weighted by Crippen LogP contribution is -2.47. The molecule has 0 unspecified atom stereocenters. The number of nitrogens with one attached hydrogen (secondary N) is 2. The van der Waals surface area contributed by atoms with Crippen LogP contribution in [-0.4, -0.2) is 77.3 Å². The van der Waals surface area contributed by atoms with Crippen LogP contribution in [0.25, 0.3) is 0 Å². The summed E-state index contributed by atoms with van der Waals surface area (Å²) in [5.41, 5.74) is 1.07. The molecule has 1 aliphatic rings. The molecule has 13 heteroatoms. The third-order valence-electron chi connectivity index (χ3n) is 4.71. The van der Waals surface area contributed by atoms with Gasteiger partial charge in [0, 0.05) is 45.6 Å². The van der Waals surface area contributed by atoms with Crippen molar-refractivity contribution in [3.8, 4) is 0 Å². The topological polar surface area (TPSA) is 147 Å². The van der Waals surface area contributed by atoms with Crippen LogP contribution in [0.1, 0.15) is 35.4 Å². The van der Waals surface area contributed by atoms with Gasteiger partial charge < -0.3 is 25.0 Å². The van der Waals surface area contributed by atoms with Gasteiger partial charge in [0.15, 0.2) is 0 Å². The highest BCUT2D eigenvalue weighted by atomic mass is 35.5. The van der Waals surface area contributed by atoms with E-state index in [2.05, 4.69) is 25.7 Å². The number of hydrogen-bond donors (Lipinski definition) is 3. The Morgan fingerprint density at radius 2 is 2.06 bits per heavy atom. The molecule has 0 radical (unpaired) electrons. The first-order valence-electron chi connectivity index (χ1n) is 10.6. The summed E-state index contributed by atoms with van der Waals surface area (Å²) >= 11 is 12.1. The van der Waals surface area contributed by atoms with Gasteiger partial charge >= 0.3 is 0 Å². The molecule has 2 aromatic rings. The van der Waals surface area contributed by atoms with Crippen molar-refractivity contribution in [2.24, 2.45) is 0 Å². The Hall–Kier alpha value is -2.73. The number of hydrogen-bond acceptors (Lipinski definition) is 8. The van der Waals surface area contributed by atoms with E-state index in [9.17, 15) is 9.59 Å². The molecule has 186 valence electrons. The Balaban J connectivity index is 0.00000129. The normalized spacial score (nSPS) is 15.7. The van der Waals surface area contributed by atoms with Crippen molar-refractivity contribution in [1.29, 1.82) is 0 Å².